The molecule has 0 atom stereocenters. The molecule has 0 fully saturated rings. The van der Waals surface area contributed by atoms with Crippen molar-refractivity contribution >= 4 is 29.0 Å². The average Bonchev–Trinajstić information content (AvgIpc) is 2.33. The lowest BCUT2D eigenvalue weighted by molar-refractivity contribution is 0.100. The molecule has 0 saturated heterocycles. The highest BCUT2D eigenvalue weighted by Gasteiger charge is 2.06. The van der Waals surface area contributed by atoms with Crippen molar-refractivity contribution in [1.82, 2.24) is 4.98 Å². The van der Waals surface area contributed by atoms with Gasteiger partial charge in [0.05, 0.1) is 5.02 Å². The zero-order valence-corrected chi connectivity index (χ0v) is 9.91. The quantitative estimate of drug-likeness (QED) is 0.897. The van der Waals surface area contributed by atoms with E-state index in [1.807, 2.05) is 0 Å². The Morgan fingerprint density at radius 1 is 1.39 bits per heavy atom. The van der Waals surface area contributed by atoms with Gasteiger partial charge in [-0.15, -0.1) is 0 Å². The molecule has 92 valence electrons. The smallest absolute Gasteiger partial charge is 0.248 e. The molecule has 0 unspecified atom stereocenters. The lowest BCUT2D eigenvalue weighted by atomic mass is 10.2. The predicted molar refractivity (Wildman–Crippen MR) is 67.4 cm³/mol. The summed E-state index contributed by atoms with van der Waals surface area (Å²) in [6, 6.07) is 7.53. The molecule has 2 aromatic rings. The van der Waals surface area contributed by atoms with Gasteiger partial charge in [-0.25, -0.2) is 9.37 Å². The number of aromatic nitrogens is 1. The Kier molecular flexibility index (Phi) is 3.43. The van der Waals surface area contributed by atoms with Gasteiger partial charge in [0.15, 0.2) is 11.6 Å². The van der Waals surface area contributed by atoms with E-state index in [0.29, 0.717) is 11.3 Å². The minimum atomic E-state index is -0.577. The minimum absolute atomic E-state index is 0.0287. The molecule has 3 N–H and O–H groups in total. The Bertz CT molecular complexity index is 604. The largest absolute Gasteiger partial charge is 0.366 e. The molecule has 2 rings (SSSR count). The molecule has 0 aliphatic rings. The molecule has 18 heavy (non-hydrogen) atoms. The number of hydrogen-bond donors (Lipinski definition) is 2. The average molecular weight is 266 g/mol. The molecule has 1 amide bonds. The number of primary amides is 1. The molecule has 0 spiro atoms. The first-order valence-corrected chi connectivity index (χ1v) is 5.42. The van der Waals surface area contributed by atoms with E-state index >= 15 is 0 Å². The minimum Gasteiger partial charge on any atom is -0.366 e. The van der Waals surface area contributed by atoms with Gasteiger partial charge in [-0.2, -0.15) is 0 Å². The molecule has 0 aliphatic carbocycles. The van der Waals surface area contributed by atoms with E-state index in [4.69, 9.17) is 17.3 Å². The van der Waals surface area contributed by atoms with Crippen molar-refractivity contribution in [2.45, 2.75) is 0 Å². The van der Waals surface area contributed by atoms with Crippen molar-refractivity contribution in [2.75, 3.05) is 5.32 Å². The first-order valence-electron chi connectivity index (χ1n) is 5.04. The Morgan fingerprint density at radius 3 is 2.83 bits per heavy atom. The number of nitrogens with zero attached hydrogens (tertiary/aromatic N) is 1. The van der Waals surface area contributed by atoms with Crippen LogP contribution < -0.4 is 11.1 Å². The number of hydrogen-bond acceptors (Lipinski definition) is 3. The van der Waals surface area contributed by atoms with Gasteiger partial charge in [0.25, 0.3) is 0 Å². The van der Waals surface area contributed by atoms with Crippen LogP contribution in [0.25, 0.3) is 0 Å². The van der Waals surface area contributed by atoms with Crippen LogP contribution in [0.5, 0.6) is 0 Å². The van der Waals surface area contributed by atoms with Gasteiger partial charge in [0.2, 0.25) is 5.91 Å². The van der Waals surface area contributed by atoms with Crippen LogP contribution in [0, 0.1) is 5.82 Å². The maximum absolute atomic E-state index is 13.5. The summed E-state index contributed by atoms with van der Waals surface area (Å²) in [4.78, 5) is 14.8. The van der Waals surface area contributed by atoms with Gasteiger partial charge in [0, 0.05) is 17.4 Å². The molecule has 0 saturated carbocycles. The van der Waals surface area contributed by atoms with Crippen LogP contribution in [-0.4, -0.2) is 10.9 Å². The number of carbonyl (C=O) groups excluding carboxylic acids is 1. The van der Waals surface area contributed by atoms with Crippen molar-refractivity contribution in [2.24, 2.45) is 5.73 Å². The van der Waals surface area contributed by atoms with Crippen LogP contribution in [-0.2, 0) is 0 Å². The van der Waals surface area contributed by atoms with Gasteiger partial charge in [-0.3, -0.25) is 4.79 Å². The molecule has 6 heteroatoms. The highest BCUT2D eigenvalue weighted by molar-refractivity contribution is 6.30. The third kappa shape index (κ3) is 2.75. The molecular weight excluding hydrogens is 257 g/mol. The van der Waals surface area contributed by atoms with Crippen LogP contribution in [0.2, 0.25) is 5.02 Å². The maximum atomic E-state index is 13.5. The SMILES string of the molecule is NC(=O)c1cccc(Nc2ncc(Cl)cc2F)c1. The lowest BCUT2D eigenvalue weighted by Gasteiger charge is -2.07. The summed E-state index contributed by atoms with van der Waals surface area (Å²) in [7, 11) is 0. The Hall–Kier alpha value is -2.14. The summed E-state index contributed by atoms with van der Waals surface area (Å²) in [5, 5.41) is 2.95. The second-order valence-electron chi connectivity index (χ2n) is 3.55. The van der Waals surface area contributed by atoms with Crippen molar-refractivity contribution in [1.29, 1.82) is 0 Å². The summed E-state index contributed by atoms with van der Waals surface area (Å²) in [5.74, 6) is -1.10. The number of carbonyl (C=O) groups is 1. The van der Waals surface area contributed by atoms with Gasteiger partial charge >= 0.3 is 0 Å². The zero-order chi connectivity index (χ0) is 13.1. The number of anilines is 2. The normalized spacial score (nSPS) is 10.1. The number of amides is 1. The summed E-state index contributed by atoms with van der Waals surface area (Å²) < 4.78 is 13.5. The number of halogens is 2. The Balaban J connectivity index is 2.28. The van der Waals surface area contributed by atoms with Gasteiger partial charge < -0.3 is 11.1 Å². The first-order chi connectivity index (χ1) is 8.56. The van der Waals surface area contributed by atoms with Gasteiger partial charge in [-0.1, -0.05) is 17.7 Å². The van der Waals surface area contributed by atoms with E-state index in [1.54, 1.807) is 18.2 Å². The highest BCUT2D eigenvalue weighted by Crippen LogP contribution is 2.20. The van der Waals surface area contributed by atoms with Gasteiger partial charge in [0.1, 0.15) is 0 Å². The number of benzene rings is 1. The van der Waals surface area contributed by atoms with Crippen molar-refractivity contribution in [3.05, 3.63) is 52.9 Å². The van der Waals surface area contributed by atoms with Crippen molar-refractivity contribution < 1.29 is 9.18 Å². The second kappa shape index (κ2) is 5.01. The van der Waals surface area contributed by atoms with E-state index < -0.39 is 11.7 Å². The van der Waals surface area contributed by atoms with E-state index in [0.717, 1.165) is 6.07 Å². The van der Waals surface area contributed by atoms with Crippen molar-refractivity contribution in [3.8, 4) is 0 Å². The van der Waals surface area contributed by atoms with E-state index in [2.05, 4.69) is 10.3 Å². The first kappa shape index (κ1) is 12.3. The summed E-state index contributed by atoms with van der Waals surface area (Å²) in [6.07, 6.45) is 1.32. The Labute approximate surface area is 108 Å². The van der Waals surface area contributed by atoms with Crippen LogP contribution >= 0.6 is 11.6 Å². The molecule has 0 aliphatic heterocycles. The molecular formula is C12H9ClFN3O. The maximum Gasteiger partial charge on any atom is 0.248 e. The molecule has 0 bridgehead atoms. The third-order valence-corrected chi connectivity index (χ3v) is 2.42. The topological polar surface area (TPSA) is 68.0 Å². The fourth-order valence-corrected chi connectivity index (χ4v) is 1.54. The third-order valence-electron chi connectivity index (χ3n) is 2.22. The van der Waals surface area contributed by atoms with Crippen LogP contribution in [0.4, 0.5) is 15.9 Å². The molecule has 1 aromatic carbocycles. The van der Waals surface area contributed by atoms with E-state index in [-0.39, 0.29) is 10.8 Å². The fraction of sp³-hybridized carbons (Fsp3) is 0. The highest BCUT2D eigenvalue weighted by atomic mass is 35.5. The number of pyridine rings is 1. The monoisotopic (exact) mass is 265 g/mol. The zero-order valence-electron chi connectivity index (χ0n) is 9.15. The lowest BCUT2D eigenvalue weighted by Crippen LogP contribution is -2.11. The number of nitrogens with two attached hydrogens (primary N) is 1. The number of nitrogens with one attached hydrogen (secondary N) is 1. The molecule has 4 nitrogen and oxygen atoms in total. The van der Waals surface area contributed by atoms with Crippen LogP contribution in [0.1, 0.15) is 10.4 Å². The fourth-order valence-electron chi connectivity index (χ4n) is 1.39. The van der Waals surface area contributed by atoms with Gasteiger partial charge in [-0.05, 0) is 24.3 Å². The number of rotatable bonds is 3. The van der Waals surface area contributed by atoms with E-state index in [9.17, 15) is 9.18 Å². The standard InChI is InChI=1S/C12H9ClFN3O/c13-8-5-10(14)12(16-6-8)17-9-3-1-2-7(4-9)11(15)18/h1-6H,(H2,15,18)(H,16,17). The molecule has 1 aromatic heterocycles. The second-order valence-corrected chi connectivity index (χ2v) is 3.99. The Morgan fingerprint density at radius 2 is 2.17 bits per heavy atom. The molecule has 1 heterocycles. The predicted octanol–water partition coefficient (Wildman–Crippen LogP) is 2.72. The summed E-state index contributed by atoms with van der Waals surface area (Å²) in [5.41, 5.74) is 5.99. The van der Waals surface area contributed by atoms with E-state index in [1.165, 1.54) is 12.3 Å². The van der Waals surface area contributed by atoms with Crippen LogP contribution in [0.15, 0.2) is 36.5 Å². The summed E-state index contributed by atoms with van der Waals surface area (Å²) in [6.45, 7) is 0. The van der Waals surface area contributed by atoms with Crippen LogP contribution in [0.3, 0.4) is 0 Å². The molecule has 0 radical (unpaired) electrons. The van der Waals surface area contributed by atoms with Crippen molar-refractivity contribution in [3.63, 3.8) is 0 Å². The summed E-state index contributed by atoms with van der Waals surface area (Å²) >= 11 is 5.60.